The smallest absolute Gasteiger partial charge is 0.123 e. The molecule has 0 heterocycles. The van der Waals surface area contributed by atoms with E-state index in [0.29, 0.717) is 0 Å². The Morgan fingerprint density at radius 2 is 1.84 bits per heavy atom. The van der Waals surface area contributed by atoms with Crippen molar-refractivity contribution in [3.63, 3.8) is 0 Å². The normalized spacial score (nSPS) is 12.5. The van der Waals surface area contributed by atoms with Crippen LogP contribution in [0.2, 0.25) is 0 Å². The molecule has 0 aromatic heterocycles. The number of halogens is 3. The standard InChI is InChI=1S/C14H13Br2FN2/c1-8-2-4-10(17)7-12(8)14(19-18)11-5-3-9(15)6-13(11)16/h2-7,14,19H,18H2,1H3. The molecular weight excluding hydrogens is 375 g/mol. The molecule has 3 N–H and O–H groups in total. The zero-order valence-corrected chi connectivity index (χ0v) is 13.4. The first-order chi connectivity index (χ1) is 9.02. The van der Waals surface area contributed by atoms with E-state index in [2.05, 4.69) is 37.3 Å². The maximum atomic E-state index is 13.4. The second kappa shape index (κ2) is 6.13. The lowest BCUT2D eigenvalue weighted by Gasteiger charge is -2.20. The summed E-state index contributed by atoms with van der Waals surface area (Å²) in [7, 11) is 0. The topological polar surface area (TPSA) is 38.0 Å². The molecule has 0 saturated carbocycles. The zero-order chi connectivity index (χ0) is 14.0. The summed E-state index contributed by atoms with van der Waals surface area (Å²) < 4.78 is 15.3. The number of hydrogen-bond donors (Lipinski definition) is 2. The molecule has 1 unspecified atom stereocenters. The van der Waals surface area contributed by atoms with Gasteiger partial charge in [0.25, 0.3) is 0 Å². The van der Waals surface area contributed by atoms with Gasteiger partial charge in [-0.1, -0.05) is 44.0 Å². The summed E-state index contributed by atoms with van der Waals surface area (Å²) >= 11 is 6.92. The van der Waals surface area contributed by atoms with Crippen molar-refractivity contribution in [3.8, 4) is 0 Å². The average Bonchev–Trinajstić information content (AvgIpc) is 2.36. The first kappa shape index (κ1) is 14.7. The fourth-order valence-electron chi connectivity index (χ4n) is 2.01. The van der Waals surface area contributed by atoms with Gasteiger partial charge >= 0.3 is 0 Å². The molecule has 0 fully saturated rings. The lowest BCUT2D eigenvalue weighted by atomic mass is 9.95. The summed E-state index contributed by atoms with van der Waals surface area (Å²) in [5, 5.41) is 0. The Balaban J connectivity index is 2.52. The first-order valence-corrected chi connectivity index (χ1v) is 7.28. The van der Waals surface area contributed by atoms with Crippen LogP contribution in [0.15, 0.2) is 45.3 Å². The van der Waals surface area contributed by atoms with Crippen molar-refractivity contribution in [2.75, 3.05) is 0 Å². The van der Waals surface area contributed by atoms with Gasteiger partial charge in [0.1, 0.15) is 5.82 Å². The van der Waals surface area contributed by atoms with E-state index in [0.717, 1.165) is 25.6 Å². The van der Waals surface area contributed by atoms with E-state index < -0.39 is 0 Å². The van der Waals surface area contributed by atoms with E-state index in [-0.39, 0.29) is 11.9 Å². The summed E-state index contributed by atoms with van der Waals surface area (Å²) in [5.74, 6) is 5.39. The number of aryl methyl sites for hydroxylation is 1. The van der Waals surface area contributed by atoms with Crippen molar-refractivity contribution in [1.29, 1.82) is 0 Å². The van der Waals surface area contributed by atoms with Crippen LogP contribution in [0.3, 0.4) is 0 Å². The van der Waals surface area contributed by atoms with Crippen LogP contribution in [0.25, 0.3) is 0 Å². The average molecular weight is 388 g/mol. The van der Waals surface area contributed by atoms with Gasteiger partial charge in [0.2, 0.25) is 0 Å². The molecule has 100 valence electrons. The van der Waals surface area contributed by atoms with E-state index in [1.807, 2.05) is 25.1 Å². The van der Waals surface area contributed by atoms with Crippen LogP contribution in [0, 0.1) is 12.7 Å². The highest BCUT2D eigenvalue weighted by atomic mass is 79.9. The summed E-state index contributed by atoms with van der Waals surface area (Å²) in [6, 6.07) is 10.3. The summed E-state index contributed by atoms with van der Waals surface area (Å²) in [6.45, 7) is 1.94. The van der Waals surface area contributed by atoms with Crippen LogP contribution in [0.4, 0.5) is 4.39 Å². The molecule has 19 heavy (non-hydrogen) atoms. The lowest BCUT2D eigenvalue weighted by Crippen LogP contribution is -2.29. The monoisotopic (exact) mass is 386 g/mol. The summed E-state index contributed by atoms with van der Waals surface area (Å²) in [4.78, 5) is 0. The number of hydrogen-bond acceptors (Lipinski definition) is 2. The number of rotatable bonds is 3. The minimum atomic E-state index is -0.269. The minimum absolute atomic E-state index is 0.266. The van der Waals surface area contributed by atoms with Crippen LogP contribution >= 0.6 is 31.9 Å². The van der Waals surface area contributed by atoms with Gasteiger partial charge in [0.05, 0.1) is 6.04 Å². The van der Waals surface area contributed by atoms with Gasteiger partial charge in [-0.15, -0.1) is 0 Å². The fraction of sp³-hybridized carbons (Fsp3) is 0.143. The number of benzene rings is 2. The van der Waals surface area contributed by atoms with E-state index in [1.54, 1.807) is 6.07 Å². The maximum Gasteiger partial charge on any atom is 0.123 e. The van der Waals surface area contributed by atoms with Gasteiger partial charge in [0.15, 0.2) is 0 Å². The molecule has 5 heteroatoms. The first-order valence-electron chi connectivity index (χ1n) is 5.70. The van der Waals surface area contributed by atoms with Crippen LogP contribution in [0.5, 0.6) is 0 Å². The Morgan fingerprint density at radius 3 is 2.47 bits per heavy atom. The minimum Gasteiger partial charge on any atom is -0.271 e. The molecular formula is C14H13Br2FN2. The van der Waals surface area contributed by atoms with Crippen molar-refractivity contribution in [2.24, 2.45) is 5.84 Å². The van der Waals surface area contributed by atoms with Crippen molar-refractivity contribution in [2.45, 2.75) is 13.0 Å². The molecule has 1 atom stereocenters. The van der Waals surface area contributed by atoms with E-state index in [1.165, 1.54) is 12.1 Å². The zero-order valence-electron chi connectivity index (χ0n) is 10.3. The van der Waals surface area contributed by atoms with Crippen LogP contribution in [0.1, 0.15) is 22.7 Å². The van der Waals surface area contributed by atoms with E-state index in [9.17, 15) is 4.39 Å². The Kier molecular flexibility index (Phi) is 4.73. The SMILES string of the molecule is Cc1ccc(F)cc1C(NN)c1ccc(Br)cc1Br. The molecule has 0 aliphatic carbocycles. The third-order valence-electron chi connectivity index (χ3n) is 2.99. The van der Waals surface area contributed by atoms with Crippen LogP contribution < -0.4 is 11.3 Å². The quantitative estimate of drug-likeness (QED) is 0.611. The molecule has 2 nitrogen and oxygen atoms in total. The molecule has 0 bridgehead atoms. The van der Waals surface area contributed by atoms with Gasteiger partial charge in [-0.05, 0) is 47.9 Å². The maximum absolute atomic E-state index is 13.4. The highest BCUT2D eigenvalue weighted by Gasteiger charge is 2.18. The Hall–Kier alpha value is -0.750. The lowest BCUT2D eigenvalue weighted by molar-refractivity contribution is 0.602. The second-order valence-electron chi connectivity index (χ2n) is 4.27. The van der Waals surface area contributed by atoms with E-state index >= 15 is 0 Å². The third-order valence-corrected chi connectivity index (χ3v) is 4.17. The van der Waals surface area contributed by atoms with Gasteiger partial charge in [-0.2, -0.15) is 0 Å². The number of hydrazine groups is 1. The fourth-order valence-corrected chi connectivity index (χ4v) is 3.28. The molecule has 2 rings (SSSR count). The van der Waals surface area contributed by atoms with Gasteiger partial charge in [-0.25, -0.2) is 9.82 Å². The molecule has 0 aliphatic rings. The van der Waals surface area contributed by atoms with Gasteiger partial charge in [-0.3, -0.25) is 5.84 Å². The molecule has 2 aromatic rings. The molecule has 0 spiro atoms. The van der Waals surface area contributed by atoms with Crippen molar-refractivity contribution >= 4 is 31.9 Å². The Bertz CT molecular complexity index is 602. The number of nitrogens with one attached hydrogen (secondary N) is 1. The van der Waals surface area contributed by atoms with Crippen LogP contribution in [-0.4, -0.2) is 0 Å². The highest BCUT2D eigenvalue weighted by molar-refractivity contribution is 9.11. The van der Waals surface area contributed by atoms with Crippen molar-refractivity contribution in [3.05, 3.63) is 67.9 Å². The Labute approximate surface area is 128 Å². The van der Waals surface area contributed by atoms with Crippen molar-refractivity contribution < 1.29 is 4.39 Å². The van der Waals surface area contributed by atoms with Crippen molar-refractivity contribution in [1.82, 2.24) is 5.43 Å². The highest BCUT2D eigenvalue weighted by Crippen LogP contribution is 2.32. The van der Waals surface area contributed by atoms with Gasteiger partial charge < -0.3 is 0 Å². The third kappa shape index (κ3) is 3.23. The predicted octanol–water partition coefficient (Wildman–Crippen LogP) is 4.21. The van der Waals surface area contributed by atoms with Gasteiger partial charge in [0, 0.05) is 8.95 Å². The van der Waals surface area contributed by atoms with E-state index in [4.69, 9.17) is 5.84 Å². The van der Waals surface area contributed by atoms with Crippen LogP contribution in [-0.2, 0) is 0 Å². The predicted molar refractivity (Wildman–Crippen MR) is 82.1 cm³/mol. The molecule has 0 saturated heterocycles. The largest absolute Gasteiger partial charge is 0.271 e. The second-order valence-corrected chi connectivity index (χ2v) is 6.04. The molecule has 0 radical (unpaired) electrons. The number of nitrogens with two attached hydrogens (primary N) is 1. The molecule has 2 aromatic carbocycles. The Morgan fingerprint density at radius 1 is 1.11 bits per heavy atom. The molecule has 0 amide bonds. The molecule has 0 aliphatic heterocycles. The summed E-state index contributed by atoms with van der Waals surface area (Å²) in [5.41, 5.74) is 5.52. The summed E-state index contributed by atoms with van der Waals surface area (Å²) in [6.07, 6.45) is 0.